The molecule has 1 atom stereocenters. The number of hydrogen-bond donors (Lipinski definition) is 3. The van der Waals surface area contributed by atoms with Crippen molar-refractivity contribution < 1.29 is 18.0 Å². The number of nitrogen functional groups attached to an aromatic ring is 1. The second kappa shape index (κ2) is 8.67. The smallest absolute Gasteiger partial charge is 0.260 e. The van der Waals surface area contributed by atoms with Gasteiger partial charge in [0.2, 0.25) is 10.0 Å². The van der Waals surface area contributed by atoms with Crippen molar-refractivity contribution in [3.63, 3.8) is 0 Å². The van der Waals surface area contributed by atoms with Gasteiger partial charge < -0.3 is 16.0 Å². The Labute approximate surface area is 225 Å². The summed E-state index contributed by atoms with van der Waals surface area (Å²) in [6, 6.07) is 7.32. The van der Waals surface area contributed by atoms with Crippen LogP contribution in [0.1, 0.15) is 65.3 Å². The number of aromatic nitrogens is 3. The molecule has 0 spiro atoms. The summed E-state index contributed by atoms with van der Waals surface area (Å²) in [6.45, 7) is 2.39. The largest absolute Gasteiger partial charge is 0.381 e. The maximum absolute atomic E-state index is 13.4. The van der Waals surface area contributed by atoms with Crippen molar-refractivity contribution in [3.05, 3.63) is 41.1 Å². The highest BCUT2D eigenvalue weighted by Gasteiger charge is 2.41. The average molecular weight is 549 g/mol. The van der Waals surface area contributed by atoms with Gasteiger partial charge in [-0.05, 0) is 68.7 Å². The molecule has 3 aliphatic rings. The molecule has 3 heterocycles. The first-order valence-corrected chi connectivity index (χ1v) is 14.7. The minimum Gasteiger partial charge on any atom is -0.381 e. The topological polar surface area (TPSA) is 176 Å². The molecule has 3 aromatic rings. The second-order valence-electron chi connectivity index (χ2n) is 10.8. The van der Waals surface area contributed by atoms with E-state index in [1.165, 1.54) is 4.52 Å². The number of carbonyl (C=O) groups is 2. The van der Waals surface area contributed by atoms with Crippen molar-refractivity contribution in [1.82, 2.24) is 24.8 Å². The van der Waals surface area contributed by atoms with Gasteiger partial charge in [-0.3, -0.25) is 14.3 Å². The number of amides is 2. The van der Waals surface area contributed by atoms with Crippen LogP contribution in [0.2, 0.25) is 0 Å². The van der Waals surface area contributed by atoms with Gasteiger partial charge in [0, 0.05) is 24.3 Å². The highest BCUT2D eigenvalue weighted by Crippen LogP contribution is 2.41. The van der Waals surface area contributed by atoms with Crippen molar-refractivity contribution in [2.75, 3.05) is 16.7 Å². The van der Waals surface area contributed by atoms with E-state index in [0.29, 0.717) is 47.7 Å². The molecule has 4 N–H and O–H groups in total. The predicted molar refractivity (Wildman–Crippen MR) is 143 cm³/mol. The van der Waals surface area contributed by atoms with E-state index in [2.05, 4.69) is 26.2 Å². The Morgan fingerprint density at radius 2 is 2.05 bits per heavy atom. The molecule has 0 saturated heterocycles. The summed E-state index contributed by atoms with van der Waals surface area (Å²) in [5.74, 6) is -0.295. The molecule has 1 aliphatic heterocycles. The lowest BCUT2D eigenvalue weighted by Crippen LogP contribution is -2.52. The number of nitrogens with one attached hydrogen (secondary N) is 2. The van der Waals surface area contributed by atoms with Gasteiger partial charge in [-0.15, -0.1) is 5.10 Å². The first-order chi connectivity index (χ1) is 18.5. The zero-order valence-corrected chi connectivity index (χ0v) is 22.4. The highest BCUT2D eigenvalue weighted by atomic mass is 32.2. The molecular weight excluding hydrogens is 520 g/mol. The maximum atomic E-state index is 13.4. The fourth-order valence-corrected chi connectivity index (χ4v) is 6.03. The monoisotopic (exact) mass is 548 g/mol. The summed E-state index contributed by atoms with van der Waals surface area (Å²) in [4.78, 5) is 33.0. The molecule has 2 aliphatic carbocycles. The van der Waals surface area contributed by atoms with Crippen molar-refractivity contribution in [2.45, 2.75) is 57.2 Å². The van der Waals surface area contributed by atoms with Crippen LogP contribution in [0.5, 0.6) is 0 Å². The Bertz CT molecular complexity index is 1700. The Morgan fingerprint density at radius 1 is 1.31 bits per heavy atom. The summed E-state index contributed by atoms with van der Waals surface area (Å²) in [5.41, 5.74) is 7.66. The van der Waals surface area contributed by atoms with Gasteiger partial charge in [-0.25, -0.2) is 17.9 Å². The van der Waals surface area contributed by atoms with E-state index >= 15 is 0 Å². The Hall–Kier alpha value is -4.18. The number of rotatable bonds is 7. The van der Waals surface area contributed by atoms with Gasteiger partial charge in [-0.1, -0.05) is 0 Å². The standard InChI is InChI=1S/C26H28N8O4S/c1-14(15-4-5-15)33-12-17-10-16(11-19(20(17)25(33)36)32-39(2,37)38)18-6-9-34-23(29-18)21(22(28)31-34)24(35)30-26(13-27)7-3-8-26/h6,9-11,14-15,32H,3-5,7-8,12H2,1-2H3,(H2,28,31)(H,30,35)/t14-/m0/s1. The lowest BCUT2D eigenvalue weighted by Gasteiger charge is -2.35. The first kappa shape index (κ1) is 25.1. The molecule has 2 amide bonds. The van der Waals surface area contributed by atoms with E-state index in [9.17, 15) is 23.3 Å². The maximum Gasteiger partial charge on any atom is 0.260 e. The van der Waals surface area contributed by atoms with E-state index in [1.54, 1.807) is 23.2 Å². The number of hydrogen-bond acceptors (Lipinski definition) is 8. The van der Waals surface area contributed by atoms with E-state index < -0.39 is 21.5 Å². The number of fused-ring (bicyclic) bond motifs is 2. The number of nitrogens with two attached hydrogens (primary N) is 1. The fourth-order valence-electron chi connectivity index (χ4n) is 5.47. The zero-order valence-electron chi connectivity index (χ0n) is 21.6. The van der Waals surface area contributed by atoms with Crippen LogP contribution < -0.4 is 15.8 Å². The van der Waals surface area contributed by atoms with Crippen molar-refractivity contribution in [2.24, 2.45) is 5.92 Å². The van der Waals surface area contributed by atoms with Crippen LogP contribution in [0, 0.1) is 17.2 Å². The lowest BCUT2D eigenvalue weighted by atomic mass is 9.78. The molecule has 2 fully saturated rings. The summed E-state index contributed by atoms with van der Waals surface area (Å²) in [5, 5.41) is 16.5. The fraction of sp³-hybridized carbons (Fsp3) is 0.423. The quantitative estimate of drug-likeness (QED) is 0.403. The van der Waals surface area contributed by atoms with Gasteiger partial charge in [0.25, 0.3) is 11.8 Å². The Morgan fingerprint density at radius 3 is 2.67 bits per heavy atom. The highest BCUT2D eigenvalue weighted by molar-refractivity contribution is 7.92. The van der Waals surface area contributed by atoms with Crippen LogP contribution in [0.4, 0.5) is 11.5 Å². The van der Waals surface area contributed by atoms with Crippen LogP contribution in [0.3, 0.4) is 0 Å². The molecule has 0 bridgehead atoms. The van der Waals surface area contributed by atoms with Gasteiger partial charge in [0.15, 0.2) is 11.5 Å². The number of sulfonamides is 1. The Kier molecular flexibility index (Phi) is 5.58. The van der Waals surface area contributed by atoms with Crippen molar-refractivity contribution in [1.29, 1.82) is 5.26 Å². The van der Waals surface area contributed by atoms with Crippen LogP contribution in [0.15, 0.2) is 24.4 Å². The average Bonchev–Trinajstić information content (AvgIpc) is 3.57. The minimum atomic E-state index is -3.68. The number of carbonyl (C=O) groups excluding carboxylic acids is 2. The molecule has 2 aromatic heterocycles. The summed E-state index contributed by atoms with van der Waals surface area (Å²) in [7, 11) is -3.68. The first-order valence-electron chi connectivity index (χ1n) is 12.8. The molecule has 0 unspecified atom stereocenters. The van der Waals surface area contributed by atoms with E-state index in [-0.39, 0.29) is 34.7 Å². The Balaban J connectivity index is 1.42. The predicted octanol–water partition coefficient (Wildman–Crippen LogP) is 2.28. The molecular formula is C26H28N8O4S. The summed E-state index contributed by atoms with van der Waals surface area (Å²) < 4.78 is 28.3. The molecule has 12 nitrogen and oxygen atoms in total. The molecule has 0 radical (unpaired) electrons. The molecule has 2 saturated carbocycles. The third-order valence-electron chi connectivity index (χ3n) is 7.94. The van der Waals surface area contributed by atoms with E-state index in [1.807, 2.05) is 13.0 Å². The van der Waals surface area contributed by atoms with E-state index in [4.69, 9.17) is 5.73 Å². The van der Waals surface area contributed by atoms with Crippen molar-refractivity contribution in [3.8, 4) is 17.3 Å². The number of nitrogens with zero attached hydrogens (tertiary/aromatic N) is 5. The van der Waals surface area contributed by atoms with Gasteiger partial charge in [0.1, 0.15) is 11.1 Å². The zero-order chi connectivity index (χ0) is 27.7. The third kappa shape index (κ3) is 4.34. The second-order valence-corrected chi connectivity index (χ2v) is 12.5. The van der Waals surface area contributed by atoms with Crippen LogP contribution in [0.25, 0.3) is 16.9 Å². The minimum absolute atomic E-state index is 0.0201. The lowest BCUT2D eigenvalue weighted by molar-refractivity contribution is 0.0698. The number of benzene rings is 1. The van der Waals surface area contributed by atoms with E-state index in [0.717, 1.165) is 25.5 Å². The van der Waals surface area contributed by atoms with Gasteiger partial charge >= 0.3 is 0 Å². The van der Waals surface area contributed by atoms with Crippen LogP contribution in [-0.4, -0.2) is 57.6 Å². The molecule has 1 aromatic carbocycles. The molecule has 6 rings (SSSR count). The van der Waals surface area contributed by atoms with Crippen LogP contribution >= 0.6 is 0 Å². The van der Waals surface area contributed by atoms with Gasteiger partial charge in [-0.2, -0.15) is 5.26 Å². The normalized spacial score (nSPS) is 18.8. The number of anilines is 2. The number of nitriles is 1. The molecule has 13 heteroatoms. The summed E-state index contributed by atoms with van der Waals surface area (Å²) >= 11 is 0. The SMILES string of the molecule is C[C@@H](C1CC1)N1Cc2cc(-c3ccn4nc(N)c(C(=O)NC5(C#N)CCC5)c4n3)cc(NS(C)(=O)=O)c2C1=O. The van der Waals surface area contributed by atoms with Crippen molar-refractivity contribution >= 4 is 39.0 Å². The molecule has 39 heavy (non-hydrogen) atoms. The molecule has 202 valence electrons. The van der Waals surface area contributed by atoms with Crippen LogP contribution in [-0.2, 0) is 16.6 Å². The third-order valence-corrected chi connectivity index (χ3v) is 8.53. The van der Waals surface area contributed by atoms with Gasteiger partial charge in [0.05, 0.1) is 29.3 Å². The summed E-state index contributed by atoms with van der Waals surface area (Å²) in [6.07, 6.45) is 6.77.